The summed E-state index contributed by atoms with van der Waals surface area (Å²) in [5.41, 5.74) is 1.94. The molecule has 0 bridgehead atoms. The average Bonchev–Trinajstić information content (AvgIpc) is 3.10. The van der Waals surface area contributed by atoms with E-state index in [0.29, 0.717) is 24.6 Å². The van der Waals surface area contributed by atoms with Crippen LogP contribution in [-0.4, -0.2) is 30.8 Å². The first-order valence-corrected chi connectivity index (χ1v) is 10.8. The van der Waals surface area contributed by atoms with E-state index in [1.807, 2.05) is 60.0 Å². The lowest BCUT2D eigenvalue weighted by Gasteiger charge is -2.09. The average molecular weight is 421 g/mol. The molecule has 154 valence electrons. The molecular formula is C24H24N2O3S. The SMILES string of the molecule is CCOc1cccc2sc(=NC(=O)Cc3cccc4ccccc34)n(CCOC)c12. The molecular weight excluding hydrogens is 396 g/mol. The van der Waals surface area contributed by atoms with E-state index < -0.39 is 0 Å². The smallest absolute Gasteiger partial charge is 0.252 e. The first-order chi connectivity index (χ1) is 14.7. The van der Waals surface area contributed by atoms with E-state index in [9.17, 15) is 4.79 Å². The first-order valence-electron chi connectivity index (χ1n) is 9.99. The van der Waals surface area contributed by atoms with Gasteiger partial charge < -0.3 is 14.0 Å². The molecule has 0 saturated carbocycles. The highest BCUT2D eigenvalue weighted by molar-refractivity contribution is 7.16. The number of amides is 1. The van der Waals surface area contributed by atoms with Gasteiger partial charge in [-0.15, -0.1) is 0 Å². The van der Waals surface area contributed by atoms with Gasteiger partial charge in [0.1, 0.15) is 11.3 Å². The Morgan fingerprint density at radius 2 is 1.87 bits per heavy atom. The van der Waals surface area contributed by atoms with Gasteiger partial charge in [0.15, 0.2) is 4.80 Å². The van der Waals surface area contributed by atoms with Crippen molar-refractivity contribution in [2.45, 2.75) is 19.9 Å². The van der Waals surface area contributed by atoms with E-state index in [0.717, 1.165) is 32.3 Å². The van der Waals surface area contributed by atoms with Crippen molar-refractivity contribution in [3.8, 4) is 5.75 Å². The van der Waals surface area contributed by atoms with Crippen LogP contribution in [0.25, 0.3) is 21.0 Å². The van der Waals surface area contributed by atoms with E-state index in [1.165, 1.54) is 11.3 Å². The fraction of sp³-hybridized carbons (Fsp3) is 0.250. The lowest BCUT2D eigenvalue weighted by atomic mass is 10.0. The Hall–Kier alpha value is -2.96. The normalized spacial score (nSPS) is 12.0. The van der Waals surface area contributed by atoms with Crippen molar-refractivity contribution in [1.82, 2.24) is 4.57 Å². The minimum absolute atomic E-state index is 0.165. The second-order valence-electron chi connectivity index (χ2n) is 6.89. The molecule has 0 unspecified atom stereocenters. The molecule has 0 aliphatic heterocycles. The van der Waals surface area contributed by atoms with Crippen LogP contribution in [0.5, 0.6) is 5.75 Å². The summed E-state index contributed by atoms with van der Waals surface area (Å²) in [6.45, 7) is 3.66. The van der Waals surface area contributed by atoms with Gasteiger partial charge in [-0.2, -0.15) is 4.99 Å². The number of thiazole rings is 1. The molecule has 0 spiro atoms. The quantitative estimate of drug-likeness (QED) is 0.440. The molecule has 30 heavy (non-hydrogen) atoms. The highest BCUT2D eigenvalue weighted by Gasteiger charge is 2.13. The Labute approximate surface area is 179 Å². The van der Waals surface area contributed by atoms with Crippen LogP contribution >= 0.6 is 11.3 Å². The number of carbonyl (C=O) groups excluding carboxylic acids is 1. The Balaban J connectivity index is 1.75. The summed E-state index contributed by atoms with van der Waals surface area (Å²) in [6, 6.07) is 20.1. The van der Waals surface area contributed by atoms with Gasteiger partial charge in [0.25, 0.3) is 5.91 Å². The van der Waals surface area contributed by atoms with Crippen LogP contribution in [0.3, 0.4) is 0 Å². The van der Waals surface area contributed by atoms with E-state index in [1.54, 1.807) is 7.11 Å². The molecule has 0 aliphatic carbocycles. The van der Waals surface area contributed by atoms with Gasteiger partial charge >= 0.3 is 0 Å². The van der Waals surface area contributed by atoms with Crippen LogP contribution in [0.15, 0.2) is 65.7 Å². The summed E-state index contributed by atoms with van der Waals surface area (Å²) in [6.07, 6.45) is 0.262. The minimum Gasteiger partial charge on any atom is -0.492 e. The Kier molecular flexibility index (Phi) is 6.26. The number of carbonyl (C=O) groups is 1. The summed E-state index contributed by atoms with van der Waals surface area (Å²) >= 11 is 1.50. The molecule has 3 aromatic carbocycles. The fourth-order valence-corrected chi connectivity index (χ4v) is 4.69. The van der Waals surface area contributed by atoms with Crippen LogP contribution < -0.4 is 9.54 Å². The van der Waals surface area contributed by atoms with Crippen LogP contribution in [0.1, 0.15) is 12.5 Å². The predicted molar refractivity (Wildman–Crippen MR) is 121 cm³/mol. The van der Waals surface area contributed by atoms with Gasteiger partial charge in [-0.25, -0.2) is 0 Å². The number of hydrogen-bond acceptors (Lipinski definition) is 4. The Bertz CT molecular complexity index is 1250. The number of methoxy groups -OCH3 is 1. The number of rotatable bonds is 7. The van der Waals surface area contributed by atoms with E-state index >= 15 is 0 Å². The topological polar surface area (TPSA) is 52.8 Å². The van der Waals surface area contributed by atoms with Crippen molar-refractivity contribution < 1.29 is 14.3 Å². The van der Waals surface area contributed by atoms with Gasteiger partial charge in [-0.05, 0) is 35.4 Å². The van der Waals surface area contributed by atoms with Crippen molar-refractivity contribution >= 4 is 38.2 Å². The predicted octanol–water partition coefficient (Wildman–Crippen LogP) is 4.57. The monoisotopic (exact) mass is 420 g/mol. The number of para-hydroxylation sites is 1. The van der Waals surface area contributed by atoms with E-state index in [2.05, 4.69) is 17.1 Å². The zero-order chi connectivity index (χ0) is 20.9. The molecule has 0 aliphatic rings. The van der Waals surface area contributed by atoms with Gasteiger partial charge in [0.05, 0.1) is 24.3 Å². The second kappa shape index (κ2) is 9.24. The molecule has 4 rings (SSSR count). The number of ether oxygens (including phenoxy) is 2. The zero-order valence-corrected chi connectivity index (χ0v) is 17.9. The van der Waals surface area contributed by atoms with Crippen molar-refractivity contribution in [2.75, 3.05) is 20.3 Å². The van der Waals surface area contributed by atoms with Crippen molar-refractivity contribution in [1.29, 1.82) is 0 Å². The van der Waals surface area contributed by atoms with E-state index in [-0.39, 0.29) is 12.3 Å². The van der Waals surface area contributed by atoms with Gasteiger partial charge in [0, 0.05) is 13.7 Å². The third kappa shape index (κ3) is 4.15. The molecule has 6 heteroatoms. The third-order valence-corrected chi connectivity index (χ3v) is 5.97. The summed E-state index contributed by atoms with van der Waals surface area (Å²) in [5.74, 6) is 0.632. The highest BCUT2D eigenvalue weighted by atomic mass is 32.1. The van der Waals surface area contributed by atoms with Crippen LogP contribution in [-0.2, 0) is 22.5 Å². The summed E-state index contributed by atoms with van der Waals surface area (Å²) in [5, 5.41) is 2.21. The lowest BCUT2D eigenvalue weighted by molar-refractivity contribution is -0.117. The van der Waals surface area contributed by atoms with E-state index in [4.69, 9.17) is 9.47 Å². The lowest BCUT2D eigenvalue weighted by Crippen LogP contribution is -2.20. The molecule has 4 aromatic rings. The fourth-order valence-electron chi connectivity index (χ4n) is 3.60. The van der Waals surface area contributed by atoms with Gasteiger partial charge in [0.2, 0.25) is 0 Å². The largest absolute Gasteiger partial charge is 0.492 e. The second-order valence-corrected chi connectivity index (χ2v) is 7.89. The molecule has 0 atom stereocenters. The summed E-state index contributed by atoms with van der Waals surface area (Å²) < 4.78 is 14.2. The van der Waals surface area contributed by atoms with Crippen molar-refractivity contribution in [2.24, 2.45) is 4.99 Å². The molecule has 5 nitrogen and oxygen atoms in total. The molecule has 0 fully saturated rings. The number of nitrogens with zero attached hydrogens (tertiary/aromatic N) is 2. The third-order valence-electron chi connectivity index (χ3n) is 4.92. The molecule has 0 N–H and O–H groups in total. The standard InChI is InChI=1S/C24H24N2O3S/c1-3-29-20-12-7-13-21-23(20)26(14-15-28-2)24(30-21)25-22(27)16-18-10-6-9-17-8-4-5-11-19(17)18/h4-13H,3,14-16H2,1-2H3. The number of fused-ring (bicyclic) bond motifs is 2. The summed E-state index contributed by atoms with van der Waals surface area (Å²) in [7, 11) is 1.67. The van der Waals surface area contributed by atoms with Gasteiger partial charge in [-0.3, -0.25) is 4.79 Å². The van der Waals surface area contributed by atoms with Crippen molar-refractivity contribution in [3.05, 3.63) is 71.0 Å². The van der Waals surface area contributed by atoms with Crippen molar-refractivity contribution in [3.63, 3.8) is 0 Å². The molecule has 1 aromatic heterocycles. The van der Waals surface area contributed by atoms with Crippen LogP contribution in [0, 0.1) is 0 Å². The molecule has 0 saturated heterocycles. The maximum atomic E-state index is 12.9. The molecule has 0 radical (unpaired) electrons. The van der Waals surface area contributed by atoms with Crippen LogP contribution in [0.4, 0.5) is 0 Å². The first kappa shape index (κ1) is 20.3. The number of hydrogen-bond donors (Lipinski definition) is 0. The van der Waals surface area contributed by atoms with Gasteiger partial charge in [-0.1, -0.05) is 59.9 Å². The maximum absolute atomic E-state index is 12.9. The van der Waals surface area contributed by atoms with Crippen LogP contribution in [0.2, 0.25) is 0 Å². The molecule has 1 heterocycles. The summed E-state index contributed by atoms with van der Waals surface area (Å²) in [4.78, 5) is 18.1. The molecule has 1 amide bonds. The zero-order valence-electron chi connectivity index (χ0n) is 17.1. The number of benzene rings is 3. The Morgan fingerprint density at radius 3 is 2.70 bits per heavy atom. The Morgan fingerprint density at radius 1 is 1.07 bits per heavy atom. The number of aromatic nitrogens is 1. The highest BCUT2D eigenvalue weighted by Crippen LogP contribution is 2.27. The maximum Gasteiger partial charge on any atom is 0.252 e. The minimum atomic E-state index is -0.165.